The van der Waals surface area contributed by atoms with Crippen LogP contribution in [0, 0.1) is 13.8 Å². The fourth-order valence-electron chi connectivity index (χ4n) is 3.74. The van der Waals surface area contributed by atoms with Crippen LogP contribution in [0.1, 0.15) is 23.1 Å². The summed E-state index contributed by atoms with van der Waals surface area (Å²) >= 11 is 0. The number of benzene rings is 1. The summed E-state index contributed by atoms with van der Waals surface area (Å²) in [6.45, 7) is 11.3. The molecule has 3 rings (SSSR count). The van der Waals surface area contributed by atoms with Gasteiger partial charge in [0.15, 0.2) is 0 Å². The maximum atomic E-state index is 10.4. The molecule has 0 spiro atoms. The Morgan fingerprint density at radius 1 is 1.00 bits per heavy atom. The molecule has 132 valence electrons. The SMILES string of the molecule is Cc1cc(C)cc(C2=CCN(CC(O)CN3CCOCC3)CC2)c1. The predicted octanol–water partition coefficient (Wildman–Crippen LogP) is 2.09. The van der Waals surface area contributed by atoms with Gasteiger partial charge in [-0.25, -0.2) is 0 Å². The Balaban J connectivity index is 1.51. The highest BCUT2D eigenvalue weighted by molar-refractivity contribution is 5.67. The van der Waals surface area contributed by atoms with Gasteiger partial charge in [-0.2, -0.15) is 0 Å². The zero-order valence-electron chi connectivity index (χ0n) is 15.0. The van der Waals surface area contributed by atoms with Crippen LogP contribution >= 0.6 is 0 Å². The summed E-state index contributed by atoms with van der Waals surface area (Å²) in [5.41, 5.74) is 5.46. The van der Waals surface area contributed by atoms with Crippen LogP contribution in [0.15, 0.2) is 24.3 Å². The number of morpholine rings is 1. The highest BCUT2D eigenvalue weighted by Gasteiger charge is 2.19. The molecule has 4 heteroatoms. The molecule has 1 N–H and O–H groups in total. The first-order valence-corrected chi connectivity index (χ1v) is 9.08. The molecule has 1 saturated heterocycles. The van der Waals surface area contributed by atoms with Crippen molar-refractivity contribution < 1.29 is 9.84 Å². The van der Waals surface area contributed by atoms with E-state index in [0.717, 1.165) is 58.9 Å². The first kappa shape index (κ1) is 17.6. The van der Waals surface area contributed by atoms with Crippen molar-refractivity contribution in [2.75, 3.05) is 52.5 Å². The van der Waals surface area contributed by atoms with Gasteiger partial charge in [-0.15, -0.1) is 0 Å². The molecule has 2 heterocycles. The largest absolute Gasteiger partial charge is 0.390 e. The van der Waals surface area contributed by atoms with E-state index in [1.54, 1.807) is 0 Å². The van der Waals surface area contributed by atoms with Crippen LogP contribution in [-0.4, -0.2) is 73.5 Å². The van der Waals surface area contributed by atoms with Crippen molar-refractivity contribution in [2.24, 2.45) is 0 Å². The van der Waals surface area contributed by atoms with Gasteiger partial charge in [0.05, 0.1) is 19.3 Å². The quantitative estimate of drug-likeness (QED) is 0.897. The topological polar surface area (TPSA) is 35.9 Å². The Morgan fingerprint density at radius 3 is 2.29 bits per heavy atom. The average Bonchev–Trinajstić information content (AvgIpc) is 2.55. The Bertz CT molecular complexity index is 559. The third kappa shape index (κ3) is 4.90. The summed E-state index contributed by atoms with van der Waals surface area (Å²) in [5, 5.41) is 10.4. The number of ether oxygens (including phenoxy) is 1. The first-order valence-electron chi connectivity index (χ1n) is 9.08. The van der Waals surface area contributed by atoms with Gasteiger partial charge in [0, 0.05) is 39.3 Å². The standard InChI is InChI=1S/C20H30N2O2/c1-16-11-17(2)13-19(12-16)18-3-5-21(6-4-18)14-20(23)15-22-7-9-24-10-8-22/h3,11-13,20,23H,4-10,14-15H2,1-2H3. The third-order valence-electron chi connectivity index (χ3n) is 4.93. The fraction of sp³-hybridized carbons (Fsp3) is 0.600. The molecule has 0 aliphatic carbocycles. The van der Waals surface area contributed by atoms with Gasteiger partial charge in [-0.05, 0) is 31.4 Å². The lowest BCUT2D eigenvalue weighted by molar-refractivity contribution is 0.00768. The average molecular weight is 330 g/mol. The number of aliphatic hydroxyl groups excluding tert-OH is 1. The number of aryl methyl sites for hydroxylation is 2. The fourth-order valence-corrected chi connectivity index (χ4v) is 3.74. The second-order valence-electron chi connectivity index (χ2n) is 7.18. The Hall–Kier alpha value is -1.20. The van der Waals surface area contributed by atoms with Gasteiger partial charge in [-0.1, -0.05) is 35.4 Å². The zero-order valence-corrected chi connectivity index (χ0v) is 15.0. The Kier molecular flexibility index (Phi) is 6.06. The summed E-state index contributed by atoms with van der Waals surface area (Å²) in [4.78, 5) is 4.66. The summed E-state index contributed by atoms with van der Waals surface area (Å²) in [5.74, 6) is 0. The van der Waals surface area contributed by atoms with Gasteiger partial charge in [0.2, 0.25) is 0 Å². The highest BCUT2D eigenvalue weighted by Crippen LogP contribution is 2.24. The normalized spacial score (nSPS) is 21.5. The van der Waals surface area contributed by atoms with Crippen molar-refractivity contribution in [3.63, 3.8) is 0 Å². The van der Waals surface area contributed by atoms with E-state index in [0.29, 0.717) is 0 Å². The van der Waals surface area contributed by atoms with Gasteiger partial charge in [-0.3, -0.25) is 9.80 Å². The number of hydrogen-bond acceptors (Lipinski definition) is 4. The Labute approximate surface area is 145 Å². The maximum Gasteiger partial charge on any atom is 0.0793 e. The summed E-state index contributed by atoms with van der Waals surface area (Å²) in [7, 11) is 0. The lowest BCUT2D eigenvalue weighted by Crippen LogP contribution is -2.45. The molecule has 0 amide bonds. The van der Waals surface area contributed by atoms with Crippen LogP contribution in [0.3, 0.4) is 0 Å². The van der Waals surface area contributed by atoms with E-state index in [1.165, 1.54) is 22.3 Å². The van der Waals surface area contributed by atoms with Crippen LogP contribution in [-0.2, 0) is 4.74 Å². The van der Waals surface area contributed by atoms with E-state index in [1.807, 2.05) is 0 Å². The Morgan fingerprint density at radius 2 is 1.67 bits per heavy atom. The van der Waals surface area contributed by atoms with Gasteiger partial charge in [0.25, 0.3) is 0 Å². The predicted molar refractivity (Wildman–Crippen MR) is 98.2 cm³/mol. The molecular weight excluding hydrogens is 300 g/mol. The van der Waals surface area contributed by atoms with Crippen LogP contribution in [0.2, 0.25) is 0 Å². The summed E-state index contributed by atoms with van der Waals surface area (Å²) in [6.07, 6.45) is 3.12. The summed E-state index contributed by atoms with van der Waals surface area (Å²) < 4.78 is 5.36. The molecule has 0 saturated carbocycles. The lowest BCUT2D eigenvalue weighted by atomic mass is 9.96. The minimum absolute atomic E-state index is 0.278. The summed E-state index contributed by atoms with van der Waals surface area (Å²) in [6, 6.07) is 6.78. The molecule has 1 atom stereocenters. The molecule has 4 nitrogen and oxygen atoms in total. The van der Waals surface area contributed by atoms with Crippen molar-refractivity contribution in [1.82, 2.24) is 9.80 Å². The highest BCUT2D eigenvalue weighted by atomic mass is 16.5. The van der Waals surface area contributed by atoms with Gasteiger partial charge >= 0.3 is 0 Å². The van der Waals surface area contributed by atoms with Crippen molar-refractivity contribution in [3.05, 3.63) is 41.0 Å². The zero-order chi connectivity index (χ0) is 16.9. The van der Waals surface area contributed by atoms with E-state index in [2.05, 4.69) is 47.9 Å². The van der Waals surface area contributed by atoms with Crippen LogP contribution in [0.4, 0.5) is 0 Å². The molecule has 0 radical (unpaired) electrons. The second-order valence-corrected chi connectivity index (χ2v) is 7.18. The van der Waals surface area contributed by atoms with Crippen molar-refractivity contribution in [3.8, 4) is 0 Å². The monoisotopic (exact) mass is 330 g/mol. The van der Waals surface area contributed by atoms with E-state index < -0.39 is 0 Å². The van der Waals surface area contributed by atoms with Crippen LogP contribution < -0.4 is 0 Å². The third-order valence-corrected chi connectivity index (χ3v) is 4.93. The number of nitrogens with zero attached hydrogens (tertiary/aromatic N) is 2. The number of β-amino-alcohol motifs (C(OH)–C–C–N with tert-alkyl or cyclic N) is 1. The molecule has 0 aromatic heterocycles. The first-order chi connectivity index (χ1) is 11.6. The molecule has 1 unspecified atom stereocenters. The minimum Gasteiger partial charge on any atom is -0.390 e. The molecule has 1 fully saturated rings. The van der Waals surface area contributed by atoms with Gasteiger partial charge < -0.3 is 9.84 Å². The van der Waals surface area contributed by atoms with Crippen LogP contribution in [0.25, 0.3) is 5.57 Å². The van der Waals surface area contributed by atoms with Gasteiger partial charge in [0.1, 0.15) is 0 Å². The molecule has 1 aromatic rings. The molecule has 24 heavy (non-hydrogen) atoms. The van der Waals surface area contributed by atoms with Crippen molar-refractivity contribution in [1.29, 1.82) is 0 Å². The number of hydrogen-bond donors (Lipinski definition) is 1. The molecule has 2 aliphatic heterocycles. The van der Waals surface area contributed by atoms with Crippen LogP contribution in [0.5, 0.6) is 0 Å². The van der Waals surface area contributed by atoms with E-state index in [4.69, 9.17) is 4.74 Å². The molecular formula is C20H30N2O2. The number of rotatable bonds is 5. The number of aliphatic hydroxyl groups is 1. The molecule has 1 aromatic carbocycles. The maximum absolute atomic E-state index is 10.4. The van der Waals surface area contributed by atoms with E-state index in [9.17, 15) is 5.11 Å². The molecule has 2 aliphatic rings. The molecule has 0 bridgehead atoms. The van der Waals surface area contributed by atoms with E-state index in [-0.39, 0.29) is 6.10 Å². The van der Waals surface area contributed by atoms with Crippen molar-refractivity contribution in [2.45, 2.75) is 26.4 Å². The van der Waals surface area contributed by atoms with E-state index >= 15 is 0 Å². The second kappa shape index (κ2) is 8.26. The van der Waals surface area contributed by atoms with Crippen molar-refractivity contribution >= 4 is 5.57 Å². The smallest absolute Gasteiger partial charge is 0.0793 e. The lowest BCUT2D eigenvalue weighted by Gasteiger charge is -2.32. The minimum atomic E-state index is -0.278.